The van der Waals surface area contributed by atoms with E-state index in [0.717, 1.165) is 12.2 Å². The Morgan fingerprint density at radius 1 is 1.59 bits per heavy atom. The van der Waals surface area contributed by atoms with Crippen molar-refractivity contribution in [2.75, 3.05) is 6.54 Å². The Labute approximate surface area is 137 Å². The quantitative estimate of drug-likeness (QED) is 0.658. The summed E-state index contributed by atoms with van der Waals surface area (Å²) in [7, 11) is 0. The number of carbonyl (C=O) groups excluding carboxylic acids is 1. The van der Waals surface area contributed by atoms with E-state index in [-0.39, 0.29) is 18.9 Å². The molecule has 116 valence electrons. The Hall–Kier alpha value is -1.60. The molecule has 1 aromatic heterocycles. The van der Waals surface area contributed by atoms with Crippen LogP contribution in [0.25, 0.3) is 6.08 Å². The summed E-state index contributed by atoms with van der Waals surface area (Å²) in [4.78, 5) is 24.7. The fraction of sp³-hybridized carbons (Fsp3) is 0.400. The number of carbonyl (C=O) groups is 2. The number of rotatable bonds is 5. The lowest BCUT2D eigenvalue weighted by Gasteiger charge is -2.12. The van der Waals surface area contributed by atoms with Crippen LogP contribution in [-0.2, 0) is 9.59 Å². The van der Waals surface area contributed by atoms with Gasteiger partial charge in [-0.2, -0.15) is 0 Å². The summed E-state index contributed by atoms with van der Waals surface area (Å²) in [5.74, 6) is 1.54. The third-order valence-corrected chi connectivity index (χ3v) is 5.20. The summed E-state index contributed by atoms with van der Waals surface area (Å²) in [5.41, 5.74) is 0. The van der Waals surface area contributed by atoms with Crippen molar-refractivity contribution in [3.63, 3.8) is 0 Å². The summed E-state index contributed by atoms with van der Waals surface area (Å²) in [6.45, 7) is 2.28. The normalized spacial score (nSPS) is 26.0. The number of amides is 1. The molecule has 1 saturated carbocycles. The number of carboxylic acids is 1. The Bertz CT molecular complexity index is 679. The van der Waals surface area contributed by atoms with Gasteiger partial charge < -0.3 is 9.52 Å². The van der Waals surface area contributed by atoms with Gasteiger partial charge >= 0.3 is 5.97 Å². The third kappa shape index (κ3) is 3.10. The fourth-order valence-corrected chi connectivity index (χ4v) is 3.68. The molecule has 5 nitrogen and oxygen atoms in total. The highest BCUT2D eigenvalue weighted by Crippen LogP contribution is 2.47. The molecule has 1 amide bonds. The lowest BCUT2D eigenvalue weighted by Crippen LogP contribution is -2.30. The van der Waals surface area contributed by atoms with Gasteiger partial charge in [-0.05, 0) is 24.5 Å². The zero-order valence-electron chi connectivity index (χ0n) is 11.9. The first-order valence-electron chi connectivity index (χ1n) is 7.02. The van der Waals surface area contributed by atoms with E-state index in [4.69, 9.17) is 21.7 Å². The average Bonchev–Trinajstić information content (AvgIpc) is 2.90. The molecule has 1 aromatic rings. The molecule has 2 unspecified atom stereocenters. The molecule has 0 bridgehead atoms. The van der Waals surface area contributed by atoms with Gasteiger partial charge in [-0.1, -0.05) is 30.9 Å². The molecule has 22 heavy (non-hydrogen) atoms. The Morgan fingerprint density at radius 2 is 2.32 bits per heavy atom. The Balaban J connectivity index is 1.71. The molecule has 2 fully saturated rings. The maximum absolute atomic E-state index is 12.3. The van der Waals surface area contributed by atoms with Gasteiger partial charge in [0.05, 0.1) is 11.3 Å². The monoisotopic (exact) mass is 337 g/mol. The highest BCUT2D eigenvalue weighted by molar-refractivity contribution is 8.26. The standard InChI is InChI=1S/C15H15NO4S2/c1-8-6-10(8)11-3-2-9(20-11)7-12-14(19)16(15(21)22-12)5-4-13(17)18/h2-3,7-8,10H,4-6H2,1H3,(H,17,18). The number of carboxylic acid groups (broad SMARTS) is 1. The number of thiocarbonyl (C=S) groups is 1. The number of hydrogen-bond donors (Lipinski definition) is 1. The first kappa shape index (κ1) is 15.3. The van der Waals surface area contributed by atoms with Gasteiger partial charge in [0.1, 0.15) is 15.8 Å². The Kier molecular flexibility index (Phi) is 4.10. The van der Waals surface area contributed by atoms with Crippen molar-refractivity contribution in [1.82, 2.24) is 4.90 Å². The summed E-state index contributed by atoms with van der Waals surface area (Å²) in [5, 5.41) is 8.71. The molecule has 3 rings (SSSR count). The van der Waals surface area contributed by atoms with Crippen LogP contribution in [-0.4, -0.2) is 32.7 Å². The van der Waals surface area contributed by atoms with Crippen molar-refractivity contribution in [3.05, 3.63) is 28.6 Å². The predicted molar refractivity (Wildman–Crippen MR) is 87.4 cm³/mol. The van der Waals surface area contributed by atoms with Crippen molar-refractivity contribution in [2.24, 2.45) is 5.92 Å². The minimum atomic E-state index is -0.952. The van der Waals surface area contributed by atoms with E-state index >= 15 is 0 Å². The van der Waals surface area contributed by atoms with Gasteiger partial charge in [-0.3, -0.25) is 14.5 Å². The van der Waals surface area contributed by atoms with Gasteiger partial charge in [0.25, 0.3) is 5.91 Å². The summed E-state index contributed by atoms with van der Waals surface area (Å²) in [6, 6.07) is 3.80. The van der Waals surface area contributed by atoms with E-state index in [1.807, 2.05) is 12.1 Å². The second-order valence-corrected chi connectivity index (χ2v) is 7.21. The van der Waals surface area contributed by atoms with Crippen LogP contribution >= 0.6 is 24.0 Å². The zero-order valence-corrected chi connectivity index (χ0v) is 13.6. The number of nitrogens with zero attached hydrogens (tertiary/aromatic N) is 1. The molecule has 0 radical (unpaired) electrons. The topological polar surface area (TPSA) is 70.8 Å². The van der Waals surface area contributed by atoms with E-state index in [1.165, 1.54) is 16.7 Å². The summed E-state index contributed by atoms with van der Waals surface area (Å²) in [6.07, 6.45) is 2.70. The SMILES string of the molecule is CC1CC1c1ccc(C=C2SC(=S)N(CCC(=O)O)C2=O)o1. The van der Waals surface area contributed by atoms with Crippen LogP contribution in [0.5, 0.6) is 0 Å². The van der Waals surface area contributed by atoms with Crippen molar-refractivity contribution in [1.29, 1.82) is 0 Å². The summed E-state index contributed by atoms with van der Waals surface area (Å²) < 4.78 is 6.15. The molecule has 2 aliphatic rings. The zero-order chi connectivity index (χ0) is 15.9. The molecule has 2 atom stereocenters. The highest BCUT2D eigenvalue weighted by atomic mass is 32.2. The third-order valence-electron chi connectivity index (χ3n) is 3.82. The number of aliphatic carboxylic acids is 1. The first-order valence-corrected chi connectivity index (χ1v) is 8.25. The average molecular weight is 337 g/mol. The van der Waals surface area contributed by atoms with E-state index in [0.29, 0.717) is 26.8 Å². The molecule has 2 heterocycles. The van der Waals surface area contributed by atoms with Crippen molar-refractivity contribution in [2.45, 2.75) is 25.7 Å². The Morgan fingerprint density at radius 3 is 2.95 bits per heavy atom. The van der Waals surface area contributed by atoms with Crippen molar-refractivity contribution in [3.8, 4) is 0 Å². The minimum absolute atomic E-state index is 0.0976. The number of hydrogen-bond acceptors (Lipinski definition) is 5. The number of thioether (sulfide) groups is 1. The molecule has 7 heteroatoms. The molecule has 1 aliphatic carbocycles. The van der Waals surface area contributed by atoms with E-state index < -0.39 is 5.97 Å². The van der Waals surface area contributed by atoms with Crippen LogP contribution in [0.4, 0.5) is 0 Å². The van der Waals surface area contributed by atoms with Gasteiger partial charge in [0, 0.05) is 18.5 Å². The van der Waals surface area contributed by atoms with Crippen LogP contribution in [0.15, 0.2) is 21.5 Å². The van der Waals surface area contributed by atoms with Gasteiger partial charge in [-0.15, -0.1) is 0 Å². The highest BCUT2D eigenvalue weighted by Gasteiger charge is 2.37. The maximum atomic E-state index is 12.3. The molecule has 0 spiro atoms. The van der Waals surface area contributed by atoms with E-state index in [2.05, 4.69) is 6.92 Å². The van der Waals surface area contributed by atoms with Gasteiger partial charge in [0.2, 0.25) is 0 Å². The largest absolute Gasteiger partial charge is 0.481 e. The van der Waals surface area contributed by atoms with Crippen LogP contribution in [0.1, 0.15) is 37.2 Å². The molecular formula is C15H15NO4S2. The molecule has 0 aromatic carbocycles. The second kappa shape index (κ2) is 5.89. The molecule has 1 saturated heterocycles. The van der Waals surface area contributed by atoms with Crippen LogP contribution in [0, 0.1) is 5.92 Å². The fourth-order valence-electron chi connectivity index (χ4n) is 2.39. The number of furan rings is 1. The minimum Gasteiger partial charge on any atom is -0.481 e. The van der Waals surface area contributed by atoms with E-state index in [9.17, 15) is 9.59 Å². The van der Waals surface area contributed by atoms with Crippen LogP contribution in [0.2, 0.25) is 0 Å². The summed E-state index contributed by atoms with van der Waals surface area (Å²) >= 11 is 6.32. The maximum Gasteiger partial charge on any atom is 0.305 e. The van der Waals surface area contributed by atoms with Gasteiger partial charge in [-0.25, -0.2) is 0 Å². The van der Waals surface area contributed by atoms with Crippen LogP contribution < -0.4 is 0 Å². The van der Waals surface area contributed by atoms with Gasteiger partial charge in [0.15, 0.2) is 0 Å². The van der Waals surface area contributed by atoms with E-state index in [1.54, 1.807) is 6.08 Å². The molecular weight excluding hydrogens is 322 g/mol. The smallest absolute Gasteiger partial charge is 0.305 e. The lowest BCUT2D eigenvalue weighted by atomic mass is 10.3. The van der Waals surface area contributed by atoms with Crippen molar-refractivity contribution < 1.29 is 19.1 Å². The van der Waals surface area contributed by atoms with Crippen LogP contribution in [0.3, 0.4) is 0 Å². The van der Waals surface area contributed by atoms with Crippen molar-refractivity contribution >= 4 is 46.3 Å². The molecule has 1 aliphatic heterocycles. The second-order valence-electron chi connectivity index (χ2n) is 5.54. The lowest BCUT2D eigenvalue weighted by molar-refractivity contribution is -0.137. The first-order chi connectivity index (χ1) is 10.5. The molecule has 1 N–H and O–H groups in total. The predicted octanol–water partition coefficient (Wildman–Crippen LogP) is 3.08.